The van der Waals surface area contributed by atoms with Gasteiger partial charge in [-0.2, -0.15) is 0 Å². The predicted molar refractivity (Wildman–Crippen MR) is 68.0 cm³/mol. The number of carboxylic acids is 1. The quantitative estimate of drug-likeness (QED) is 0.912. The van der Waals surface area contributed by atoms with Crippen LogP contribution in [0, 0.1) is 5.82 Å². The standard InChI is InChI=1S/C12H10BrFN2O3/c13-8-6-7(4-5-9(8)14)12-16-15-10(19-12)2-1-3-11(17)18/h4-6H,1-3H2,(H,17,18). The maximum atomic E-state index is 13.1. The fourth-order valence-electron chi connectivity index (χ4n) is 1.49. The Balaban J connectivity index is 2.07. The normalized spacial score (nSPS) is 10.6. The Labute approximate surface area is 116 Å². The van der Waals surface area contributed by atoms with Crippen LogP contribution in [0.5, 0.6) is 0 Å². The lowest BCUT2D eigenvalue weighted by Crippen LogP contribution is -1.95. The first-order chi connectivity index (χ1) is 9.06. The first-order valence-electron chi connectivity index (χ1n) is 5.56. The maximum absolute atomic E-state index is 13.1. The Morgan fingerprint density at radius 3 is 2.89 bits per heavy atom. The van der Waals surface area contributed by atoms with Crippen molar-refractivity contribution < 1.29 is 18.7 Å². The molecular formula is C12H10BrFN2O3. The van der Waals surface area contributed by atoms with Crippen LogP contribution in [0.1, 0.15) is 18.7 Å². The number of hydrogen-bond donors (Lipinski definition) is 1. The molecule has 19 heavy (non-hydrogen) atoms. The van der Waals surface area contributed by atoms with Crippen LogP contribution in [-0.4, -0.2) is 21.3 Å². The molecule has 0 saturated heterocycles. The molecule has 0 bridgehead atoms. The van der Waals surface area contributed by atoms with Gasteiger partial charge in [0.15, 0.2) is 0 Å². The summed E-state index contributed by atoms with van der Waals surface area (Å²) in [7, 11) is 0. The van der Waals surface area contributed by atoms with Crippen molar-refractivity contribution in [1.29, 1.82) is 0 Å². The zero-order valence-electron chi connectivity index (χ0n) is 9.77. The van der Waals surface area contributed by atoms with Crippen molar-refractivity contribution in [1.82, 2.24) is 10.2 Å². The minimum atomic E-state index is -0.859. The molecule has 0 aliphatic heterocycles. The number of aliphatic carboxylic acids is 1. The molecule has 0 aliphatic carbocycles. The van der Waals surface area contributed by atoms with E-state index in [1.54, 1.807) is 6.07 Å². The topological polar surface area (TPSA) is 76.2 Å². The molecule has 0 fully saturated rings. The molecule has 1 aromatic carbocycles. The monoisotopic (exact) mass is 328 g/mol. The van der Waals surface area contributed by atoms with Crippen molar-refractivity contribution in [3.8, 4) is 11.5 Å². The zero-order chi connectivity index (χ0) is 13.8. The smallest absolute Gasteiger partial charge is 0.303 e. The largest absolute Gasteiger partial charge is 0.481 e. The summed E-state index contributed by atoms with van der Waals surface area (Å²) in [5, 5.41) is 16.2. The van der Waals surface area contributed by atoms with Gasteiger partial charge in [0.2, 0.25) is 11.8 Å². The fourth-order valence-corrected chi connectivity index (χ4v) is 1.87. The van der Waals surface area contributed by atoms with Crippen molar-refractivity contribution in [2.24, 2.45) is 0 Å². The van der Waals surface area contributed by atoms with Gasteiger partial charge in [-0.3, -0.25) is 4.79 Å². The number of aryl methyl sites for hydroxylation is 1. The summed E-state index contributed by atoms with van der Waals surface area (Å²) in [6, 6.07) is 4.38. The van der Waals surface area contributed by atoms with Gasteiger partial charge in [-0.05, 0) is 40.5 Å². The molecule has 0 amide bonds. The lowest BCUT2D eigenvalue weighted by molar-refractivity contribution is -0.137. The molecule has 7 heteroatoms. The van der Waals surface area contributed by atoms with Crippen molar-refractivity contribution in [2.75, 3.05) is 0 Å². The summed E-state index contributed by atoms with van der Waals surface area (Å²) >= 11 is 3.08. The molecule has 0 aliphatic rings. The van der Waals surface area contributed by atoms with Crippen molar-refractivity contribution in [2.45, 2.75) is 19.3 Å². The average molecular weight is 329 g/mol. The number of carbonyl (C=O) groups is 1. The van der Waals surface area contributed by atoms with Gasteiger partial charge in [-0.15, -0.1) is 10.2 Å². The first kappa shape index (κ1) is 13.7. The molecule has 100 valence electrons. The van der Waals surface area contributed by atoms with Crippen LogP contribution in [0.2, 0.25) is 0 Å². The summed E-state index contributed by atoms with van der Waals surface area (Å²) in [5.74, 6) is -0.574. The van der Waals surface area contributed by atoms with Gasteiger partial charge >= 0.3 is 5.97 Å². The highest BCUT2D eigenvalue weighted by molar-refractivity contribution is 9.10. The number of carboxylic acid groups (broad SMARTS) is 1. The highest BCUT2D eigenvalue weighted by atomic mass is 79.9. The second-order valence-electron chi connectivity index (χ2n) is 3.88. The molecule has 1 N–H and O–H groups in total. The molecule has 1 aromatic heterocycles. The van der Waals surface area contributed by atoms with Crippen LogP contribution in [0.4, 0.5) is 4.39 Å². The number of rotatable bonds is 5. The van der Waals surface area contributed by atoms with Gasteiger partial charge in [-0.1, -0.05) is 0 Å². The molecular weight excluding hydrogens is 319 g/mol. The third kappa shape index (κ3) is 3.60. The van der Waals surface area contributed by atoms with E-state index >= 15 is 0 Å². The summed E-state index contributed by atoms with van der Waals surface area (Å²) in [6.07, 6.45) is 0.894. The molecule has 2 aromatic rings. The van der Waals surface area contributed by atoms with E-state index in [2.05, 4.69) is 26.1 Å². The van der Waals surface area contributed by atoms with Crippen LogP contribution >= 0.6 is 15.9 Å². The lowest BCUT2D eigenvalue weighted by atomic mass is 10.2. The van der Waals surface area contributed by atoms with E-state index in [1.807, 2.05) is 0 Å². The zero-order valence-corrected chi connectivity index (χ0v) is 11.4. The van der Waals surface area contributed by atoms with Crippen LogP contribution in [0.15, 0.2) is 27.1 Å². The molecule has 2 rings (SSSR count). The molecule has 0 radical (unpaired) electrons. The minimum absolute atomic E-state index is 0.0554. The van der Waals surface area contributed by atoms with E-state index in [0.717, 1.165) is 0 Å². The van der Waals surface area contributed by atoms with E-state index in [1.165, 1.54) is 12.1 Å². The predicted octanol–water partition coefficient (Wildman–Crippen LogP) is 3.05. The van der Waals surface area contributed by atoms with Gasteiger partial charge in [0, 0.05) is 18.4 Å². The van der Waals surface area contributed by atoms with Gasteiger partial charge < -0.3 is 9.52 Å². The van der Waals surface area contributed by atoms with Crippen LogP contribution in [-0.2, 0) is 11.2 Å². The first-order valence-corrected chi connectivity index (χ1v) is 6.35. The van der Waals surface area contributed by atoms with Crippen molar-refractivity contribution in [3.63, 3.8) is 0 Å². The van der Waals surface area contributed by atoms with Gasteiger partial charge in [0.05, 0.1) is 4.47 Å². The van der Waals surface area contributed by atoms with Crippen molar-refractivity contribution >= 4 is 21.9 Å². The summed E-state index contributed by atoms with van der Waals surface area (Å²) < 4.78 is 18.8. The van der Waals surface area contributed by atoms with Crippen LogP contribution < -0.4 is 0 Å². The Hall–Kier alpha value is -1.76. The maximum Gasteiger partial charge on any atom is 0.303 e. The Morgan fingerprint density at radius 1 is 1.42 bits per heavy atom. The van der Waals surface area contributed by atoms with Crippen LogP contribution in [0.3, 0.4) is 0 Å². The Kier molecular flexibility index (Phi) is 4.26. The van der Waals surface area contributed by atoms with Crippen LogP contribution in [0.25, 0.3) is 11.5 Å². The van der Waals surface area contributed by atoms with Crippen molar-refractivity contribution in [3.05, 3.63) is 34.4 Å². The minimum Gasteiger partial charge on any atom is -0.481 e. The SMILES string of the molecule is O=C(O)CCCc1nnc(-c2ccc(F)c(Br)c2)o1. The number of aromatic nitrogens is 2. The summed E-state index contributed by atoms with van der Waals surface area (Å²) in [6.45, 7) is 0. The van der Waals surface area contributed by atoms with E-state index in [0.29, 0.717) is 28.8 Å². The summed E-state index contributed by atoms with van der Waals surface area (Å²) in [4.78, 5) is 10.4. The molecule has 0 unspecified atom stereocenters. The Morgan fingerprint density at radius 2 is 2.21 bits per heavy atom. The fraction of sp³-hybridized carbons (Fsp3) is 0.250. The van der Waals surface area contributed by atoms with E-state index in [9.17, 15) is 9.18 Å². The van der Waals surface area contributed by atoms with E-state index in [-0.39, 0.29) is 18.1 Å². The third-order valence-corrected chi connectivity index (χ3v) is 3.02. The molecule has 1 heterocycles. The second-order valence-corrected chi connectivity index (χ2v) is 4.73. The molecule has 0 spiro atoms. The van der Waals surface area contributed by atoms with E-state index < -0.39 is 5.97 Å². The number of nitrogens with zero attached hydrogens (tertiary/aromatic N) is 2. The summed E-state index contributed by atoms with van der Waals surface area (Å²) in [5.41, 5.74) is 0.602. The van der Waals surface area contributed by atoms with Gasteiger partial charge in [-0.25, -0.2) is 4.39 Å². The third-order valence-electron chi connectivity index (χ3n) is 2.41. The van der Waals surface area contributed by atoms with Gasteiger partial charge in [0.1, 0.15) is 5.82 Å². The Bertz CT molecular complexity index is 600. The number of halogens is 2. The van der Waals surface area contributed by atoms with Gasteiger partial charge in [0.25, 0.3) is 0 Å². The molecule has 5 nitrogen and oxygen atoms in total. The number of benzene rings is 1. The second kappa shape index (κ2) is 5.92. The number of hydrogen-bond acceptors (Lipinski definition) is 4. The molecule has 0 atom stereocenters. The highest BCUT2D eigenvalue weighted by Crippen LogP contribution is 2.24. The van der Waals surface area contributed by atoms with E-state index in [4.69, 9.17) is 9.52 Å². The highest BCUT2D eigenvalue weighted by Gasteiger charge is 2.10. The average Bonchev–Trinajstić information content (AvgIpc) is 2.81. The molecule has 0 saturated carbocycles. The lowest BCUT2D eigenvalue weighted by Gasteiger charge is -1.97.